The number of carbonyl (C=O) groups excluding carboxylic acids is 1. The number of aromatic nitrogens is 5. The minimum Gasteiger partial charge on any atom is -0.357 e. The summed E-state index contributed by atoms with van der Waals surface area (Å²) >= 11 is 0. The predicted molar refractivity (Wildman–Crippen MR) is 256 cm³/mol. The van der Waals surface area contributed by atoms with Crippen LogP contribution in [-0.4, -0.2) is 110 Å². The summed E-state index contributed by atoms with van der Waals surface area (Å²) in [6.07, 6.45) is 7.59. The SMILES string of the molecule is CCN(CC)c1cccc(C(=O)N2CCN(Cc3cncn3Cc3ccc(C#N)cc3)CC2)n1.Cl.Cl.Cl.Cl.Cl.Cl.N#Cc1ccc(Cn2cncc2CN2CCNCC2)cc1. The molecule has 19 heteroatoms. The highest BCUT2D eigenvalue weighted by atomic mass is 35.5. The van der Waals surface area contributed by atoms with Crippen LogP contribution in [-0.2, 0) is 26.2 Å². The summed E-state index contributed by atoms with van der Waals surface area (Å²) in [6.45, 7) is 16.4. The van der Waals surface area contributed by atoms with Crippen LogP contribution in [0.15, 0.2) is 91.8 Å². The number of imidazole rings is 2. The van der Waals surface area contributed by atoms with Crippen molar-refractivity contribution in [2.45, 2.75) is 40.0 Å². The molecule has 0 bridgehead atoms. The molecule has 2 aromatic carbocycles. The molecule has 5 heterocycles. The van der Waals surface area contributed by atoms with Crippen LogP contribution in [0.3, 0.4) is 0 Å². The number of rotatable bonds is 12. The van der Waals surface area contributed by atoms with Gasteiger partial charge in [-0.1, -0.05) is 30.3 Å². The molecular weight excluding hydrogens is 901 g/mol. The molecule has 0 radical (unpaired) electrons. The van der Waals surface area contributed by atoms with Gasteiger partial charge >= 0.3 is 0 Å². The molecule has 2 aliphatic rings. The molecule has 0 aliphatic carbocycles. The number of hydrogen-bond acceptors (Lipinski definition) is 10. The molecule has 0 atom stereocenters. The van der Waals surface area contributed by atoms with Crippen LogP contribution in [0.5, 0.6) is 0 Å². The number of nitrogens with zero attached hydrogens (tertiary/aromatic N) is 11. The van der Waals surface area contributed by atoms with E-state index >= 15 is 0 Å². The standard InChI is InChI=1S/C26H31N7O.C16H19N5.6ClH/c1-3-31(4-2)25-7-5-6-24(29-25)26(34)32-14-12-30(13-15-32)19-23-17-28-20-33(23)18-22-10-8-21(16-27)9-11-22;17-9-14-1-3-15(4-2-14)11-21-13-19-10-16(21)12-20-7-5-18-6-8-20;;;;;;/h5-11,17,20H,3-4,12-15,18-19H2,1-2H3;1-4,10,13,18H,5-8,11-12H2;6*1H. The van der Waals surface area contributed by atoms with Crippen LogP contribution >= 0.6 is 74.4 Å². The van der Waals surface area contributed by atoms with E-state index in [1.165, 1.54) is 11.3 Å². The van der Waals surface area contributed by atoms with E-state index in [-0.39, 0.29) is 80.3 Å². The number of piperazine rings is 2. The molecule has 2 saturated heterocycles. The molecule has 3 aromatic heterocycles. The molecule has 2 fully saturated rings. The molecule has 1 N–H and O–H groups in total. The largest absolute Gasteiger partial charge is 0.357 e. The Labute approximate surface area is 397 Å². The van der Waals surface area contributed by atoms with E-state index in [0.717, 1.165) is 89.1 Å². The summed E-state index contributed by atoms with van der Waals surface area (Å²) in [5.41, 5.74) is 6.57. The lowest BCUT2D eigenvalue weighted by atomic mass is 10.1. The monoisotopic (exact) mass is 954 g/mol. The summed E-state index contributed by atoms with van der Waals surface area (Å²) in [5, 5.41) is 21.2. The van der Waals surface area contributed by atoms with Gasteiger partial charge < -0.3 is 24.3 Å². The first-order chi connectivity index (χ1) is 27.0. The van der Waals surface area contributed by atoms with Crippen molar-refractivity contribution < 1.29 is 4.79 Å². The van der Waals surface area contributed by atoms with Crippen LogP contribution in [0.4, 0.5) is 5.82 Å². The van der Waals surface area contributed by atoms with Gasteiger partial charge in [0.15, 0.2) is 0 Å². The first-order valence-electron chi connectivity index (χ1n) is 19.1. The van der Waals surface area contributed by atoms with Crippen molar-refractivity contribution in [2.24, 2.45) is 0 Å². The normalized spacial score (nSPS) is 13.3. The summed E-state index contributed by atoms with van der Waals surface area (Å²) in [7, 11) is 0. The zero-order chi connectivity index (χ0) is 38.4. The second-order valence-electron chi connectivity index (χ2n) is 13.8. The third kappa shape index (κ3) is 16.3. The van der Waals surface area contributed by atoms with Crippen LogP contribution < -0.4 is 10.2 Å². The molecule has 332 valence electrons. The molecular formula is C42H56Cl6N12O. The number of anilines is 1. The third-order valence-electron chi connectivity index (χ3n) is 10.2. The van der Waals surface area contributed by atoms with E-state index in [2.05, 4.69) is 70.1 Å². The van der Waals surface area contributed by atoms with Crippen molar-refractivity contribution in [3.63, 3.8) is 0 Å². The molecule has 61 heavy (non-hydrogen) atoms. The Balaban J connectivity index is 0.00000117. The van der Waals surface area contributed by atoms with Gasteiger partial charge in [0.2, 0.25) is 0 Å². The average molecular weight is 958 g/mol. The molecule has 2 aliphatic heterocycles. The maximum absolute atomic E-state index is 13.1. The lowest BCUT2D eigenvalue weighted by Crippen LogP contribution is -2.48. The van der Waals surface area contributed by atoms with Crippen molar-refractivity contribution in [1.82, 2.24) is 44.1 Å². The van der Waals surface area contributed by atoms with Gasteiger partial charge in [-0.05, 0) is 61.4 Å². The average Bonchev–Trinajstić information content (AvgIpc) is 3.87. The van der Waals surface area contributed by atoms with Crippen molar-refractivity contribution in [3.8, 4) is 12.1 Å². The molecule has 5 aromatic rings. The first kappa shape index (κ1) is 56.9. The fraction of sp³-hybridized carbons (Fsp3) is 0.381. The van der Waals surface area contributed by atoms with Crippen LogP contribution in [0, 0.1) is 22.7 Å². The van der Waals surface area contributed by atoms with Gasteiger partial charge in [0.05, 0.1) is 47.3 Å². The van der Waals surface area contributed by atoms with E-state index in [1.54, 1.807) is 0 Å². The Hall–Kier alpha value is -4.12. The van der Waals surface area contributed by atoms with Crippen molar-refractivity contribution in [1.29, 1.82) is 10.5 Å². The first-order valence-corrected chi connectivity index (χ1v) is 19.1. The number of benzene rings is 2. The van der Waals surface area contributed by atoms with Crippen LogP contribution in [0.25, 0.3) is 0 Å². The van der Waals surface area contributed by atoms with Crippen LogP contribution in [0.1, 0.15) is 58.0 Å². The quantitative estimate of drug-likeness (QED) is 0.143. The summed E-state index contributed by atoms with van der Waals surface area (Å²) in [5.74, 6) is 0.851. The molecule has 0 unspecified atom stereocenters. The number of nitriles is 2. The highest BCUT2D eigenvalue weighted by molar-refractivity contribution is 5.92. The molecule has 0 saturated carbocycles. The summed E-state index contributed by atoms with van der Waals surface area (Å²) in [4.78, 5) is 35.2. The fourth-order valence-electron chi connectivity index (χ4n) is 6.87. The Morgan fingerprint density at radius 1 is 0.639 bits per heavy atom. The Morgan fingerprint density at radius 3 is 1.54 bits per heavy atom. The Morgan fingerprint density at radius 2 is 1.10 bits per heavy atom. The number of hydrogen-bond donors (Lipinski definition) is 1. The maximum Gasteiger partial charge on any atom is 0.272 e. The van der Waals surface area contributed by atoms with Gasteiger partial charge in [0.1, 0.15) is 11.5 Å². The van der Waals surface area contributed by atoms with E-state index in [9.17, 15) is 4.79 Å². The van der Waals surface area contributed by atoms with Crippen molar-refractivity contribution in [3.05, 3.63) is 131 Å². The Bertz CT molecular complexity index is 2070. The highest BCUT2D eigenvalue weighted by Gasteiger charge is 2.24. The van der Waals surface area contributed by atoms with E-state index < -0.39 is 0 Å². The van der Waals surface area contributed by atoms with Gasteiger partial charge in [-0.25, -0.2) is 15.0 Å². The second-order valence-corrected chi connectivity index (χ2v) is 13.8. The summed E-state index contributed by atoms with van der Waals surface area (Å²) < 4.78 is 4.32. The van der Waals surface area contributed by atoms with Crippen molar-refractivity contribution >= 4 is 86.2 Å². The molecule has 0 spiro atoms. The van der Waals surface area contributed by atoms with Crippen molar-refractivity contribution in [2.75, 3.05) is 70.3 Å². The number of nitrogens with one attached hydrogen (secondary N) is 1. The highest BCUT2D eigenvalue weighted by Crippen LogP contribution is 2.16. The molecule has 13 nitrogen and oxygen atoms in total. The molecule has 7 rings (SSSR count). The van der Waals surface area contributed by atoms with E-state index in [1.807, 2.05) is 96.7 Å². The zero-order valence-corrected chi connectivity index (χ0v) is 39.2. The Kier molecular flexibility index (Phi) is 27.3. The van der Waals surface area contributed by atoms with Crippen LogP contribution in [0.2, 0.25) is 0 Å². The van der Waals surface area contributed by atoms with E-state index in [4.69, 9.17) is 10.5 Å². The topological polar surface area (TPSA) is 138 Å². The van der Waals surface area contributed by atoms with E-state index in [0.29, 0.717) is 36.5 Å². The number of pyridine rings is 1. The third-order valence-corrected chi connectivity index (χ3v) is 10.2. The molecule has 1 amide bonds. The minimum absolute atomic E-state index is 0. The van der Waals surface area contributed by atoms with Gasteiger partial charge in [-0.3, -0.25) is 14.6 Å². The fourth-order valence-corrected chi connectivity index (χ4v) is 6.87. The zero-order valence-electron chi connectivity index (χ0n) is 34.3. The van der Waals surface area contributed by atoms with Gasteiger partial charge in [0.25, 0.3) is 5.91 Å². The smallest absolute Gasteiger partial charge is 0.272 e. The predicted octanol–water partition coefficient (Wildman–Crippen LogP) is 6.74. The number of carbonyl (C=O) groups is 1. The number of amides is 1. The van der Waals surface area contributed by atoms with Gasteiger partial charge in [-0.2, -0.15) is 10.5 Å². The maximum atomic E-state index is 13.1. The van der Waals surface area contributed by atoms with Gasteiger partial charge in [0, 0.05) is 104 Å². The van der Waals surface area contributed by atoms with Gasteiger partial charge in [-0.15, -0.1) is 74.4 Å². The minimum atomic E-state index is -0.000450. The lowest BCUT2D eigenvalue weighted by Gasteiger charge is -2.34. The lowest BCUT2D eigenvalue weighted by molar-refractivity contribution is 0.0620. The summed E-state index contributed by atoms with van der Waals surface area (Å²) in [6, 6.07) is 25.4. The number of halogens is 6. The second kappa shape index (κ2) is 29.2.